The van der Waals surface area contributed by atoms with Crippen LogP contribution in [0.2, 0.25) is 0 Å². The molecule has 0 bridgehead atoms. The summed E-state index contributed by atoms with van der Waals surface area (Å²) in [6.45, 7) is 4.65. The Labute approximate surface area is 164 Å². The second-order valence-corrected chi connectivity index (χ2v) is 7.19. The molecule has 0 fully saturated rings. The van der Waals surface area contributed by atoms with Gasteiger partial charge >= 0.3 is 0 Å². The number of fused-ring (bicyclic) bond motifs is 1. The number of pyridine rings is 1. The molecule has 0 saturated carbocycles. The summed E-state index contributed by atoms with van der Waals surface area (Å²) in [4.78, 5) is 17.3. The van der Waals surface area contributed by atoms with E-state index in [4.69, 9.17) is 4.98 Å². The van der Waals surface area contributed by atoms with E-state index in [-0.39, 0.29) is 11.6 Å². The Bertz CT molecular complexity index is 1150. The van der Waals surface area contributed by atoms with Crippen LogP contribution < -0.4 is 10.9 Å². The average Bonchev–Trinajstić information content (AvgIpc) is 2.70. The van der Waals surface area contributed by atoms with Crippen LogP contribution in [0.1, 0.15) is 34.1 Å². The third-order valence-electron chi connectivity index (χ3n) is 5.09. The van der Waals surface area contributed by atoms with Crippen LogP contribution in [0.15, 0.2) is 83.7 Å². The first-order chi connectivity index (χ1) is 13.6. The zero-order valence-corrected chi connectivity index (χ0v) is 16.2. The monoisotopic (exact) mass is 370 g/mol. The Morgan fingerprint density at radius 2 is 1.61 bits per heavy atom. The van der Waals surface area contributed by atoms with Crippen molar-refractivity contribution in [2.24, 2.45) is 0 Å². The van der Waals surface area contributed by atoms with E-state index in [1.807, 2.05) is 31.2 Å². The first-order valence-corrected chi connectivity index (χ1v) is 9.55. The summed E-state index contributed by atoms with van der Waals surface area (Å²) in [6.07, 6.45) is 0. The smallest absolute Gasteiger partial charge is 0.258 e. The lowest BCUT2D eigenvalue weighted by atomic mass is 9.98. The third-order valence-corrected chi connectivity index (χ3v) is 5.09. The number of aromatic nitrogens is 2. The molecule has 0 unspecified atom stereocenters. The molecule has 4 nitrogen and oxygen atoms in total. The second kappa shape index (κ2) is 7.79. The molecule has 28 heavy (non-hydrogen) atoms. The molecule has 4 rings (SSSR count). The summed E-state index contributed by atoms with van der Waals surface area (Å²) < 4.78 is 1.65. The lowest BCUT2D eigenvalue weighted by Gasteiger charge is -2.17. The Morgan fingerprint density at radius 1 is 0.893 bits per heavy atom. The highest BCUT2D eigenvalue weighted by atomic mass is 16.1. The standard InChI is InChI=1S/C24H23N3O/c1-17-11-13-20(14-12-17)24(19-8-4-3-5-9-19)25-16-21-15-23(28)27-18(2)7-6-10-22(27)26-21/h3-15,24-25H,16H2,1-2H3/p+1/t24-/m0/s1. The summed E-state index contributed by atoms with van der Waals surface area (Å²) in [5.74, 6) is 0. The largest absolute Gasteiger partial charge is 0.331 e. The van der Waals surface area contributed by atoms with Crippen LogP contribution >= 0.6 is 0 Å². The van der Waals surface area contributed by atoms with Gasteiger partial charge in [-0.15, -0.1) is 0 Å². The zero-order valence-electron chi connectivity index (χ0n) is 16.2. The fraction of sp³-hybridized carbons (Fsp3) is 0.167. The number of hydrogen-bond donors (Lipinski definition) is 1. The van der Waals surface area contributed by atoms with Crippen molar-refractivity contribution in [2.75, 3.05) is 0 Å². The number of hydrogen-bond acceptors (Lipinski definition) is 2. The van der Waals surface area contributed by atoms with Crippen molar-refractivity contribution in [1.29, 1.82) is 0 Å². The van der Waals surface area contributed by atoms with E-state index in [1.165, 1.54) is 16.7 Å². The molecule has 2 N–H and O–H groups in total. The highest BCUT2D eigenvalue weighted by Crippen LogP contribution is 2.19. The van der Waals surface area contributed by atoms with E-state index in [2.05, 4.69) is 60.8 Å². The molecule has 2 aromatic heterocycles. The van der Waals surface area contributed by atoms with Crippen molar-refractivity contribution >= 4 is 5.65 Å². The minimum absolute atomic E-state index is 0.0295. The summed E-state index contributed by atoms with van der Waals surface area (Å²) in [5, 5.41) is 2.24. The van der Waals surface area contributed by atoms with Gasteiger partial charge in [-0.25, -0.2) is 4.98 Å². The lowest BCUT2D eigenvalue weighted by Crippen LogP contribution is -2.84. The maximum absolute atomic E-state index is 12.6. The Hall–Kier alpha value is -3.24. The SMILES string of the molecule is Cc1ccc([C@@H]([NH2+]Cc2cc(=O)n3c(C)cccc3n2)c2ccccc2)cc1. The molecular formula is C24H24N3O+. The van der Waals surface area contributed by atoms with E-state index in [1.54, 1.807) is 10.5 Å². The fourth-order valence-electron chi connectivity index (χ4n) is 3.61. The highest BCUT2D eigenvalue weighted by Gasteiger charge is 2.18. The van der Waals surface area contributed by atoms with Crippen LogP contribution in [0, 0.1) is 13.8 Å². The van der Waals surface area contributed by atoms with Gasteiger partial charge in [0.15, 0.2) is 0 Å². The van der Waals surface area contributed by atoms with Gasteiger partial charge in [0, 0.05) is 22.9 Å². The van der Waals surface area contributed by atoms with E-state index >= 15 is 0 Å². The van der Waals surface area contributed by atoms with Gasteiger partial charge < -0.3 is 5.32 Å². The molecule has 0 aliphatic carbocycles. The number of benzene rings is 2. The maximum atomic E-state index is 12.6. The van der Waals surface area contributed by atoms with Gasteiger partial charge in [-0.3, -0.25) is 9.20 Å². The van der Waals surface area contributed by atoms with E-state index in [9.17, 15) is 4.79 Å². The van der Waals surface area contributed by atoms with Crippen molar-refractivity contribution in [2.45, 2.75) is 26.4 Å². The summed E-state index contributed by atoms with van der Waals surface area (Å²) >= 11 is 0. The molecule has 0 spiro atoms. The average molecular weight is 370 g/mol. The molecule has 0 saturated heterocycles. The molecule has 4 aromatic rings. The molecule has 140 valence electrons. The van der Waals surface area contributed by atoms with Crippen LogP contribution in [-0.4, -0.2) is 9.38 Å². The van der Waals surface area contributed by atoms with Crippen LogP contribution in [0.5, 0.6) is 0 Å². The van der Waals surface area contributed by atoms with Crippen LogP contribution in [0.25, 0.3) is 5.65 Å². The third kappa shape index (κ3) is 3.73. The molecule has 0 radical (unpaired) electrons. The van der Waals surface area contributed by atoms with Crippen molar-refractivity contribution in [3.8, 4) is 0 Å². The first-order valence-electron chi connectivity index (χ1n) is 9.55. The van der Waals surface area contributed by atoms with Gasteiger partial charge in [-0.05, 0) is 26.0 Å². The molecule has 0 aliphatic rings. The summed E-state index contributed by atoms with van der Waals surface area (Å²) in [5.41, 5.74) is 6.08. The van der Waals surface area contributed by atoms with Crippen molar-refractivity contribution < 1.29 is 5.32 Å². The van der Waals surface area contributed by atoms with Gasteiger partial charge in [-0.2, -0.15) is 0 Å². The number of rotatable bonds is 5. The summed E-state index contributed by atoms with van der Waals surface area (Å²) in [6, 6.07) is 26.6. The van der Waals surface area contributed by atoms with Crippen molar-refractivity contribution in [1.82, 2.24) is 9.38 Å². The predicted molar refractivity (Wildman–Crippen MR) is 111 cm³/mol. The van der Waals surface area contributed by atoms with Crippen molar-refractivity contribution in [3.05, 3.63) is 117 Å². The topological polar surface area (TPSA) is 51.0 Å². The van der Waals surface area contributed by atoms with Crippen LogP contribution in [0.4, 0.5) is 0 Å². The van der Waals surface area contributed by atoms with E-state index in [0.717, 1.165) is 11.4 Å². The van der Waals surface area contributed by atoms with Gasteiger partial charge in [0.1, 0.15) is 23.9 Å². The Balaban J connectivity index is 1.66. The number of nitrogens with two attached hydrogens (primary N) is 1. The second-order valence-electron chi connectivity index (χ2n) is 7.19. The quantitative estimate of drug-likeness (QED) is 0.587. The predicted octanol–water partition coefficient (Wildman–Crippen LogP) is 3.16. The molecule has 1 atom stereocenters. The first kappa shape index (κ1) is 18.1. The molecule has 2 heterocycles. The Kier molecular flexibility index (Phi) is 5.04. The van der Waals surface area contributed by atoms with Gasteiger partial charge in [-0.1, -0.05) is 66.2 Å². The number of aryl methyl sites for hydroxylation is 2. The molecule has 4 heteroatoms. The van der Waals surface area contributed by atoms with Crippen LogP contribution in [-0.2, 0) is 6.54 Å². The van der Waals surface area contributed by atoms with Gasteiger partial charge in [0.2, 0.25) is 0 Å². The zero-order chi connectivity index (χ0) is 19.5. The normalized spacial score (nSPS) is 12.2. The molecule has 2 aromatic carbocycles. The molecule has 0 amide bonds. The fourth-order valence-corrected chi connectivity index (χ4v) is 3.61. The van der Waals surface area contributed by atoms with E-state index in [0.29, 0.717) is 12.2 Å². The van der Waals surface area contributed by atoms with Crippen LogP contribution in [0.3, 0.4) is 0 Å². The lowest BCUT2D eigenvalue weighted by molar-refractivity contribution is -0.702. The number of nitrogens with zero attached hydrogens (tertiary/aromatic N) is 2. The molecular weight excluding hydrogens is 346 g/mol. The van der Waals surface area contributed by atoms with Gasteiger partial charge in [0.25, 0.3) is 5.56 Å². The maximum Gasteiger partial charge on any atom is 0.258 e. The van der Waals surface area contributed by atoms with Gasteiger partial charge in [0.05, 0.1) is 0 Å². The van der Waals surface area contributed by atoms with E-state index < -0.39 is 0 Å². The van der Waals surface area contributed by atoms with Crippen molar-refractivity contribution in [3.63, 3.8) is 0 Å². The Morgan fingerprint density at radius 3 is 2.36 bits per heavy atom. The summed E-state index contributed by atoms with van der Waals surface area (Å²) in [7, 11) is 0. The molecule has 0 aliphatic heterocycles. The minimum Gasteiger partial charge on any atom is -0.331 e. The number of quaternary nitrogens is 1. The highest BCUT2D eigenvalue weighted by molar-refractivity contribution is 5.40. The minimum atomic E-state index is -0.0295.